The normalized spacial score (nSPS) is 11.7. The third-order valence-corrected chi connectivity index (χ3v) is 3.41. The van der Waals surface area contributed by atoms with Crippen LogP contribution in [0.3, 0.4) is 0 Å². The van der Waals surface area contributed by atoms with Gasteiger partial charge in [-0.25, -0.2) is 10.8 Å². The second kappa shape index (κ2) is 7.55. The van der Waals surface area contributed by atoms with Crippen molar-refractivity contribution in [3.05, 3.63) is 47.2 Å². The quantitative estimate of drug-likeness (QED) is 0.458. The molecule has 0 saturated heterocycles. The molecule has 7 nitrogen and oxygen atoms in total. The first-order valence-corrected chi connectivity index (χ1v) is 7.24. The number of nitrogens with two attached hydrogens (primary N) is 1. The summed E-state index contributed by atoms with van der Waals surface area (Å²) in [5, 5.41) is 4.61. The Hall–Kier alpha value is -2.67. The Bertz CT molecular complexity index is 658. The zero-order valence-electron chi connectivity index (χ0n) is 13.5. The van der Waals surface area contributed by atoms with Crippen molar-refractivity contribution in [3.63, 3.8) is 0 Å². The molecule has 0 aliphatic rings. The Labute approximate surface area is 135 Å². The van der Waals surface area contributed by atoms with Crippen molar-refractivity contribution in [1.29, 1.82) is 0 Å². The second-order valence-electron chi connectivity index (χ2n) is 5.34. The van der Waals surface area contributed by atoms with E-state index in [1.807, 2.05) is 6.92 Å². The van der Waals surface area contributed by atoms with E-state index >= 15 is 0 Å². The van der Waals surface area contributed by atoms with Crippen LogP contribution in [0.4, 0.5) is 11.8 Å². The van der Waals surface area contributed by atoms with Crippen molar-refractivity contribution in [1.82, 2.24) is 9.97 Å². The molecule has 1 aromatic heterocycles. The number of carbonyl (C=O) groups is 1. The Morgan fingerprint density at radius 1 is 1.39 bits per heavy atom. The van der Waals surface area contributed by atoms with Crippen LogP contribution in [0, 0.1) is 6.92 Å². The Balaban J connectivity index is 2.17. The van der Waals surface area contributed by atoms with Gasteiger partial charge in [0.25, 0.3) is 6.47 Å². The van der Waals surface area contributed by atoms with Crippen LogP contribution in [0.1, 0.15) is 29.7 Å². The molecule has 0 radical (unpaired) electrons. The lowest BCUT2D eigenvalue weighted by atomic mass is 10.1. The minimum atomic E-state index is 0.0450. The standard InChI is InChI=1S/C16H21N5O2/c1-11-4-6-13(7-5-11)12(2)19-16-18-8-14(9-23-10-22)15(20-16)21(3)17/h4-8,10,12H,9,17H2,1-3H3,(H,18,19,20). The maximum atomic E-state index is 10.3. The molecule has 2 rings (SSSR count). The van der Waals surface area contributed by atoms with Gasteiger partial charge in [-0.1, -0.05) is 29.8 Å². The van der Waals surface area contributed by atoms with Gasteiger partial charge < -0.3 is 10.1 Å². The van der Waals surface area contributed by atoms with E-state index in [2.05, 4.69) is 46.5 Å². The van der Waals surface area contributed by atoms with Gasteiger partial charge in [0, 0.05) is 13.2 Å². The minimum Gasteiger partial charge on any atom is -0.463 e. The number of anilines is 2. The molecule has 0 aliphatic heterocycles. The number of nitrogens with one attached hydrogen (secondary N) is 1. The highest BCUT2D eigenvalue weighted by Crippen LogP contribution is 2.21. The Kier molecular flexibility index (Phi) is 5.48. The number of ether oxygens (including phenoxy) is 1. The molecule has 0 aliphatic carbocycles. The average molecular weight is 315 g/mol. The van der Waals surface area contributed by atoms with Gasteiger partial charge in [-0.2, -0.15) is 4.98 Å². The number of aromatic nitrogens is 2. The molecule has 122 valence electrons. The Morgan fingerprint density at radius 2 is 2.09 bits per heavy atom. The average Bonchev–Trinajstić information content (AvgIpc) is 2.54. The molecule has 7 heteroatoms. The maximum Gasteiger partial charge on any atom is 0.293 e. The first kappa shape index (κ1) is 16.7. The SMILES string of the molecule is Cc1ccc(C(C)Nc2ncc(COC=O)c(N(C)N)n2)cc1. The maximum absolute atomic E-state index is 10.3. The van der Waals surface area contributed by atoms with Gasteiger partial charge in [0.15, 0.2) is 5.82 Å². The van der Waals surface area contributed by atoms with Gasteiger partial charge in [0.1, 0.15) is 6.61 Å². The summed E-state index contributed by atoms with van der Waals surface area (Å²) >= 11 is 0. The molecule has 0 spiro atoms. The molecule has 2 aromatic rings. The van der Waals surface area contributed by atoms with Gasteiger partial charge >= 0.3 is 0 Å². The molecule has 1 aromatic carbocycles. The lowest BCUT2D eigenvalue weighted by Gasteiger charge is -2.18. The summed E-state index contributed by atoms with van der Waals surface area (Å²) in [4.78, 5) is 19.0. The number of nitrogens with zero attached hydrogens (tertiary/aromatic N) is 3. The van der Waals surface area contributed by atoms with E-state index in [1.54, 1.807) is 13.2 Å². The van der Waals surface area contributed by atoms with Crippen LogP contribution < -0.4 is 16.2 Å². The number of hydrogen-bond donors (Lipinski definition) is 2. The molecule has 0 saturated carbocycles. The second-order valence-corrected chi connectivity index (χ2v) is 5.34. The van der Waals surface area contributed by atoms with E-state index in [1.165, 1.54) is 10.6 Å². The van der Waals surface area contributed by atoms with Crippen LogP contribution in [0.5, 0.6) is 0 Å². The molecule has 1 atom stereocenters. The monoisotopic (exact) mass is 315 g/mol. The molecule has 0 amide bonds. The molecular formula is C16H21N5O2. The first-order chi connectivity index (χ1) is 11.0. The number of benzene rings is 1. The number of carbonyl (C=O) groups excluding carboxylic acids is 1. The molecule has 1 heterocycles. The van der Waals surface area contributed by atoms with E-state index in [0.29, 0.717) is 23.8 Å². The van der Waals surface area contributed by atoms with Gasteiger partial charge in [0.2, 0.25) is 5.95 Å². The zero-order valence-corrected chi connectivity index (χ0v) is 13.5. The van der Waals surface area contributed by atoms with E-state index in [9.17, 15) is 4.79 Å². The first-order valence-electron chi connectivity index (χ1n) is 7.24. The topological polar surface area (TPSA) is 93.4 Å². The van der Waals surface area contributed by atoms with Gasteiger partial charge in [0.05, 0.1) is 11.6 Å². The van der Waals surface area contributed by atoms with Crippen LogP contribution >= 0.6 is 0 Å². The van der Waals surface area contributed by atoms with Gasteiger partial charge in [-0.15, -0.1) is 0 Å². The third-order valence-electron chi connectivity index (χ3n) is 3.41. The smallest absolute Gasteiger partial charge is 0.293 e. The predicted octanol–water partition coefficient (Wildman–Crippen LogP) is 1.94. The van der Waals surface area contributed by atoms with Crippen molar-refractivity contribution in [3.8, 4) is 0 Å². The van der Waals surface area contributed by atoms with E-state index in [4.69, 9.17) is 10.6 Å². The van der Waals surface area contributed by atoms with Gasteiger partial charge in [-0.05, 0) is 19.4 Å². The van der Waals surface area contributed by atoms with Crippen LogP contribution in [0.2, 0.25) is 0 Å². The summed E-state index contributed by atoms with van der Waals surface area (Å²) in [5.74, 6) is 6.74. The lowest BCUT2D eigenvalue weighted by molar-refractivity contribution is -0.129. The highest BCUT2D eigenvalue weighted by molar-refractivity contribution is 5.49. The van der Waals surface area contributed by atoms with Crippen molar-refractivity contribution in [2.45, 2.75) is 26.5 Å². The fraction of sp³-hybridized carbons (Fsp3) is 0.312. The van der Waals surface area contributed by atoms with Crippen molar-refractivity contribution < 1.29 is 9.53 Å². The summed E-state index contributed by atoms with van der Waals surface area (Å²) in [7, 11) is 1.67. The summed E-state index contributed by atoms with van der Waals surface area (Å²) in [6.07, 6.45) is 1.60. The molecular weight excluding hydrogens is 294 g/mol. The van der Waals surface area contributed by atoms with Crippen molar-refractivity contribution in [2.24, 2.45) is 5.84 Å². The molecule has 0 bridgehead atoms. The van der Waals surface area contributed by atoms with Crippen LogP contribution in [0.15, 0.2) is 30.5 Å². The highest BCUT2D eigenvalue weighted by Gasteiger charge is 2.12. The number of rotatable bonds is 7. The number of hydrazine groups is 1. The van der Waals surface area contributed by atoms with Crippen LogP contribution in [-0.2, 0) is 16.1 Å². The number of hydrogen-bond acceptors (Lipinski definition) is 7. The van der Waals surface area contributed by atoms with Gasteiger partial charge in [-0.3, -0.25) is 9.80 Å². The Morgan fingerprint density at radius 3 is 2.70 bits per heavy atom. The zero-order chi connectivity index (χ0) is 16.8. The summed E-state index contributed by atoms with van der Waals surface area (Å²) in [5.41, 5.74) is 2.98. The highest BCUT2D eigenvalue weighted by atomic mass is 16.5. The summed E-state index contributed by atoms with van der Waals surface area (Å²) in [6.45, 7) is 4.54. The molecule has 3 N–H and O–H groups in total. The fourth-order valence-electron chi connectivity index (χ4n) is 2.13. The molecule has 1 unspecified atom stereocenters. The van der Waals surface area contributed by atoms with Crippen molar-refractivity contribution >= 4 is 18.2 Å². The molecule has 23 heavy (non-hydrogen) atoms. The fourth-order valence-corrected chi connectivity index (χ4v) is 2.13. The van der Waals surface area contributed by atoms with Crippen LogP contribution in [-0.4, -0.2) is 23.5 Å². The summed E-state index contributed by atoms with van der Waals surface area (Å²) in [6, 6.07) is 8.30. The van der Waals surface area contributed by atoms with E-state index in [-0.39, 0.29) is 12.6 Å². The minimum absolute atomic E-state index is 0.0450. The van der Waals surface area contributed by atoms with E-state index in [0.717, 1.165) is 5.56 Å². The number of aryl methyl sites for hydroxylation is 1. The largest absolute Gasteiger partial charge is 0.463 e. The third kappa shape index (κ3) is 4.40. The van der Waals surface area contributed by atoms with Crippen LogP contribution in [0.25, 0.3) is 0 Å². The van der Waals surface area contributed by atoms with E-state index < -0.39 is 0 Å². The van der Waals surface area contributed by atoms with Crippen molar-refractivity contribution in [2.75, 3.05) is 17.4 Å². The predicted molar refractivity (Wildman–Crippen MR) is 88.7 cm³/mol. The lowest BCUT2D eigenvalue weighted by Crippen LogP contribution is -2.28. The molecule has 0 fully saturated rings. The summed E-state index contributed by atoms with van der Waals surface area (Å²) < 4.78 is 4.75.